The van der Waals surface area contributed by atoms with Gasteiger partial charge in [0.05, 0.1) is 5.92 Å². The highest BCUT2D eigenvalue weighted by Crippen LogP contribution is 2.17. The monoisotopic (exact) mass is 342 g/mol. The van der Waals surface area contributed by atoms with E-state index in [0.717, 1.165) is 0 Å². The molecule has 0 saturated heterocycles. The second-order valence-corrected chi connectivity index (χ2v) is 5.97. The van der Waals surface area contributed by atoms with Gasteiger partial charge in [-0.2, -0.15) is 0 Å². The number of esters is 1. The van der Waals surface area contributed by atoms with Crippen LogP contribution >= 0.6 is 0 Å². The molecule has 5 nitrogen and oxygen atoms in total. The standard InChI is InChI=1S/C20H22O5/c1-14(2)20(23)25-13-17(21)12-24-18-10-6-9-16(11-18)19(22)15-7-4-3-5-8-15/h3-11,14,17,21H,12-13H2,1-2H3. The lowest BCUT2D eigenvalue weighted by Crippen LogP contribution is -2.26. The molecular formula is C20H22O5. The van der Waals surface area contributed by atoms with Crippen molar-refractivity contribution in [1.82, 2.24) is 0 Å². The van der Waals surface area contributed by atoms with E-state index in [-0.39, 0.29) is 30.9 Å². The Balaban J connectivity index is 1.91. The number of carbonyl (C=O) groups excluding carboxylic acids is 2. The summed E-state index contributed by atoms with van der Waals surface area (Å²) in [5, 5.41) is 9.83. The van der Waals surface area contributed by atoms with Gasteiger partial charge in [0.25, 0.3) is 0 Å². The normalized spacial score (nSPS) is 11.8. The Kier molecular flexibility index (Phi) is 6.71. The first-order valence-corrected chi connectivity index (χ1v) is 8.14. The minimum atomic E-state index is -0.934. The fraction of sp³-hybridized carbons (Fsp3) is 0.300. The number of ether oxygens (including phenoxy) is 2. The highest BCUT2D eigenvalue weighted by Gasteiger charge is 2.13. The molecule has 0 aromatic heterocycles. The van der Waals surface area contributed by atoms with Gasteiger partial charge in [-0.05, 0) is 12.1 Å². The van der Waals surface area contributed by atoms with Crippen LogP contribution in [-0.4, -0.2) is 36.2 Å². The van der Waals surface area contributed by atoms with Gasteiger partial charge in [0, 0.05) is 11.1 Å². The van der Waals surface area contributed by atoms with Crippen LogP contribution in [0.1, 0.15) is 29.8 Å². The number of benzene rings is 2. The summed E-state index contributed by atoms with van der Waals surface area (Å²) in [7, 11) is 0. The lowest BCUT2D eigenvalue weighted by atomic mass is 10.0. The smallest absolute Gasteiger partial charge is 0.308 e. The van der Waals surface area contributed by atoms with Crippen molar-refractivity contribution in [3.8, 4) is 5.75 Å². The maximum Gasteiger partial charge on any atom is 0.308 e. The predicted molar refractivity (Wildman–Crippen MR) is 93.6 cm³/mol. The predicted octanol–water partition coefficient (Wildman–Crippen LogP) is 2.86. The van der Waals surface area contributed by atoms with E-state index in [4.69, 9.17) is 9.47 Å². The molecule has 0 spiro atoms. The Bertz CT molecular complexity index is 709. The van der Waals surface area contributed by atoms with Crippen molar-refractivity contribution in [3.63, 3.8) is 0 Å². The molecule has 2 aromatic carbocycles. The first-order valence-electron chi connectivity index (χ1n) is 8.14. The van der Waals surface area contributed by atoms with Crippen LogP contribution in [0.2, 0.25) is 0 Å². The molecule has 5 heteroatoms. The van der Waals surface area contributed by atoms with E-state index >= 15 is 0 Å². The van der Waals surface area contributed by atoms with Crippen LogP contribution in [0.25, 0.3) is 0 Å². The average molecular weight is 342 g/mol. The van der Waals surface area contributed by atoms with Crippen molar-refractivity contribution in [2.75, 3.05) is 13.2 Å². The molecule has 0 aliphatic carbocycles. The third-order valence-corrected chi connectivity index (χ3v) is 3.46. The molecule has 0 bridgehead atoms. The second-order valence-electron chi connectivity index (χ2n) is 5.97. The third kappa shape index (κ3) is 5.72. The van der Waals surface area contributed by atoms with Gasteiger partial charge in [-0.1, -0.05) is 56.3 Å². The van der Waals surface area contributed by atoms with Crippen molar-refractivity contribution in [2.24, 2.45) is 5.92 Å². The molecular weight excluding hydrogens is 320 g/mol. The zero-order valence-electron chi connectivity index (χ0n) is 14.3. The van der Waals surface area contributed by atoms with E-state index in [1.54, 1.807) is 50.2 Å². The van der Waals surface area contributed by atoms with E-state index < -0.39 is 6.10 Å². The van der Waals surface area contributed by atoms with E-state index in [9.17, 15) is 14.7 Å². The van der Waals surface area contributed by atoms with Gasteiger partial charge in [0.15, 0.2) is 5.78 Å². The molecule has 2 aromatic rings. The number of hydrogen-bond donors (Lipinski definition) is 1. The van der Waals surface area contributed by atoms with Gasteiger partial charge < -0.3 is 14.6 Å². The summed E-state index contributed by atoms with van der Waals surface area (Å²) in [6.45, 7) is 3.29. The van der Waals surface area contributed by atoms with Crippen LogP contribution in [0.4, 0.5) is 0 Å². The molecule has 2 rings (SSSR count). The highest BCUT2D eigenvalue weighted by atomic mass is 16.5. The maximum absolute atomic E-state index is 12.4. The van der Waals surface area contributed by atoms with Crippen LogP contribution < -0.4 is 4.74 Å². The van der Waals surface area contributed by atoms with Gasteiger partial charge in [-0.3, -0.25) is 9.59 Å². The number of aliphatic hydroxyl groups excluding tert-OH is 1. The van der Waals surface area contributed by atoms with Crippen molar-refractivity contribution in [3.05, 3.63) is 65.7 Å². The second kappa shape index (κ2) is 8.99. The quantitative estimate of drug-likeness (QED) is 0.590. The Labute approximate surface area is 147 Å². The first kappa shape index (κ1) is 18.7. The molecule has 0 aliphatic heterocycles. The molecule has 0 aliphatic rings. The van der Waals surface area contributed by atoms with E-state index in [2.05, 4.69) is 0 Å². The van der Waals surface area contributed by atoms with Crippen LogP contribution in [0.3, 0.4) is 0 Å². The van der Waals surface area contributed by atoms with Crippen LogP contribution in [0.15, 0.2) is 54.6 Å². The van der Waals surface area contributed by atoms with Crippen LogP contribution in [-0.2, 0) is 9.53 Å². The Hall–Kier alpha value is -2.66. The van der Waals surface area contributed by atoms with Crippen molar-refractivity contribution >= 4 is 11.8 Å². The molecule has 0 amide bonds. The molecule has 1 atom stereocenters. The highest BCUT2D eigenvalue weighted by molar-refractivity contribution is 6.09. The summed E-state index contributed by atoms with van der Waals surface area (Å²) < 4.78 is 10.4. The fourth-order valence-corrected chi connectivity index (χ4v) is 2.07. The van der Waals surface area contributed by atoms with Gasteiger partial charge in [-0.15, -0.1) is 0 Å². The molecule has 0 fully saturated rings. The zero-order chi connectivity index (χ0) is 18.2. The SMILES string of the molecule is CC(C)C(=O)OCC(O)COc1cccc(C(=O)c2ccccc2)c1. The van der Waals surface area contributed by atoms with E-state index in [1.165, 1.54) is 0 Å². The number of rotatable bonds is 8. The summed E-state index contributed by atoms with van der Waals surface area (Å²) in [6, 6.07) is 15.7. The summed E-state index contributed by atoms with van der Waals surface area (Å²) in [5.41, 5.74) is 1.10. The topological polar surface area (TPSA) is 72.8 Å². The average Bonchev–Trinajstić information content (AvgIpc) is 2.64. The summed E-state index contributed by atoms with van der Waals surface area (Å²) in [5.74, 6) is -0.239. The van der Waals surface area contributed by atoms with E-state index in [0.29, 0.717) is 16.9 Å². The minimum absolute atomic E-state index is 0.0334. The summed E-state index contributed by atoms with van der Waals surface area (Å²) >= 11 is 0. The Morgan fingerprint density at radius 1 is 0.960 bits per heavy atom. The number of hydrogen-bond acceptors (Lipinski definition) is 5. The van der Waals surface area contributed by atoms with Crippen molar-refractivity contribution in [1.29, 1.82) is 0 Å². The minimum Gasteiger partial charge on any atom is -0.491 e. The van der Waals surface area contributed by atoms with Gasteiger partial charge in [0.1, 0.15) is 25.1 Å². The first-order chi connectivity index (χ1) is 12.0. The van der Waals surface area contributed by atoms with Crippen LogP contribution in [0.5, 0.6) is 5.75 Å². The van der Waals surface area contributed by atoms with Crippen molar-refractivity contribution in [2.45, 2.75) is 20.0 Å². The largest absolute Gasteiger partial charge is 0.491 e. The molecule has 0 radical (unpaired) electrons. The third-order valence-electron chi connectivity index (χ3n) is 3.46. The number of ketones is 1. The lowest BCUT2D eigenvalue weighted by molar-refractivity contribution is -0.150. The molecule has 1 N–H and O–H groups in total. The number of aliphatic hydroxyl groups is 1. The van der Waals surface area contributed by atoms with E-state index in [1.807, 2.05) is 18.2 Å². The summed E-state index contributed by atoms with van der Waals surface area (Å²) in [4.78, 5) is 23.8. The van der Waals surface area contributed by atoms with Gasteiger partial charge in [0.2, 0.25) is 0 Å². The summed E-state index contributed by atoms with van der Waals surface area (Å²) in [6.07, 6.45) is -0.934. The molecule has 25 heavy (non-hydrogen) atoms. The molecule has 1 unspecified atom stereocenters. The van der Waals surface area contributed by atoms with Crippen molar-refractivity contribution < 1.29 is 24.2 Å². The molecule has 132 valence electrons. The maximum atomic E-state index is 12.4. The lowest BCUT2D eigenvalue weighted by Gasteiger charge is -2.14. The fourth-order valence-electron chi connectivity index (χ4n) is 2.07. The molecule has 0 saturated carbocycles. The van der Waals surface area contributed by atoms with Gasteiger partial charge >= 0.3 is 5.97 Å². The Morgan fingerprint density at radius 2 is 1.64 bits per heavy atom. The van der Waals surface area contributed by atoms with Crippen LogP contribution in [0, 0.1) is 5.92 Å². The Morgan fingerprint density at radius 3 is 2.32 bits per heavy atom. The number of carbonyl (C=O) groups is 2. The molecule has 0 heterocycles. The van der Waals surface area contributed by atoms with Gasteiger partial charge in [-0.25, -0.2) is 0 Å². The zero-order valence-corrected chi connectivity index (χ0v) is 14.3.